The third-order valence-corrected chi connectivity index (χ3v) is 6.10. The lowest BCUT2D eigenvalue weighted by atomic mass is 9.98. The highest BCUT2D eigenvalue weighted by atomic mass is 32.2. The van der Waals surface area contributed by atoms with Gasteiger partial charge < -0.3 is 15.8 Å². The van der Waals surface area contributed by atoms with Gasteiger partial charge in [-0.1, -0.05) is 12.8 Å². The van der Waals surface area contributed by atoms with Crippen LogP contribution in [0.3, 0.4) is 0 Å². The molecule has 4 N–H and O–H groups in total. The number of benzene rings is 1. The summed E-state index contributed by atoms with van der Waals surface area (Å²) >= 11 is 0. The van der Waals surface area contributed by atoms with E-state index in [1.165, 1.54) is 19.2 Å². The number of anilines is 1. The van der Waals surface area contributed by atoms with Crippen LogP contribution in [-0.2, 0) is 14.8 Å². The Labute approximate surface area is 142 Å². The van der Waals surface area contributed by atoms with Crippen molar-refractivity contribution < 1.29 is 17.9 Å². The largest absolute Gasteiger partial charge is 0.495 e. The van der Waals surface area contributed by atoms with Crippen LogP contribution in [0.2, 0.25) is 0 Å². The summed E-state index contributed by atoms with van der Waals surface area (Å²) in [6.07, 6.45) is 4.82. The molecule has 3 rings (SSSR count). The van der Waals surface area contributed by atoms with Crippen LogP contribution >= 0.6 is 0 Å². The zero-order chi connectivity index (χ0) is 17.4. The molecule has 132 valence electrons. The molecule has 0 saturated heterocycles. The number of rotatable bonds is 6. The van der Waals surface area contributed by atoms with Gasteiger partial charge in [0.25, 0.3) is 0 Å². The van der Waals surface area contributed by atoms with E-state index in [9.17, 15) is 13.2 Å². The first-order valence-corrected chi connectivity index (χ1v) is 9.63. The average Bonchev–Trinajstić information content (AvgIpc) is 3.23. The average molecular weight is 353 g/mol. The molecule has 1 aromatic carbocycles. The molecule has 0 aliphatic heterocycles. The van der Waals surface area contributed by atoms with Crippen LogP contribution in [0, 0.1) is 0 Å². The summed E-state index contributed by atoms with van der Waals surface area (Å²) in [6.45, 7) is 0. The summed E-state index contributed by atoms with van der Waals surface area (Å²) < 4.78 is 32.8. The van der Waals surface area contributed by atoms with Crippen molar-refractivity contribution in [2.75, 3.05) is 12.4 Å². The SMILES string of the molecule is COc1ccc(NC(=O)C2(N)CCCC2)cc1S(=O)(=O)NC1CC1. The van der Waals surface area contributed by atoms with Gasteiger partial charge in [-0.2, -0.15) is 0 Å². The zero-order valence-electron chi connectivity index (χ0n) is 13.7. The van der Waals surface area contributed by atoms with Gasteiger partial charge in [0, 0.05) is 11.7 Å². The fourth-order valence-electron chi connectivity index (χ4n) is 2.94. The van der Waals surface area contributed by atoms with E-state index >= 15 is 0 Å². The van der Waals surface area contributed by atoms with Gasteiger partial charge >= 0.3 is 0 Å². The van der Waals surface area contributed by atoms with Crippen molar-refractivity contribution in [2.24, 2.45) is 5.73 Å². The standard InChI is InChI=1S/C16H23N3O4S/c1-23-13-7-6-12(18-15(20)16(17)8-2-3-9-16)10-14(13)24(21,22)19-11-4-5-11/h6-7,10-11,19H,2-5,8-9,17H2,1H3,(H,18,20). The number of carbonyl (C=O) groups is 1. The van der Waals surface area contributed by atoms with Crippen molar-refractivity contribution in [3.63, 3.8) is 0 Å². The summed E-state index contributed by atoms with van der Waals surface area (Å²) in [5, 5.41) is 2.75. The number of nitrogens with two attached hydrogens (primary N) is 1. The zero-order valence-corrected chi connectivity index (χ0v) is 14.5. The molecule has 0 heterocycles. The van der Waals surface area contributed by atoms with Gasteiger partial charge in [0.2, 0.25) is 15.9 Å². The number of hydrogen-bond acceptors (Lipinski definition) is 5. The molecule has 0 bridgehead atoms. The highest BCUT2D eigenvalue weighted by molar-refractivity contribution is 7.89. The minimum Gasteiger partial charge on any atom is -0.495 e. The molecule has 0 radical (unpaired) electrons. The van der Waals surface area contributed by atoms with Gasteiger partial charge in [-0.25, -0.2) is 13.1 Å². The van der Waals surface area contributed by atoms with Crippen LogP contribution in [0.5, 0.6) is 5.75 Å². The third-order valence-electron chi connectivity index (χ3n) is 4.56. The molecular formula is C16H23N3O4S. The first-order valence-electron chi connectivity index (χ1n) is 8.15. The predicted molar refractivity (Wildman–Crippen MR) is 90.4 cm³/mol. The topological polar surface area (TPSA) is 111 Å². The van der Waals surface area contributed by atoms with Gasteiger partial charge in [0.05, 0.1) is 12.6 Å². The van der Waals surface area contributed by atoms with Crippen molar-refractivity contribution in [1.29, 1.82) is 0 Å². The van der Waals surface area contributed by atoms with E-state index in [2.05, 4.69) is 10.0 Å². The van der Waals surface area contributed by atoms with Crippen LogP contribution in [-0.4, -0.2) is 33.0 Å². The molecule has 2 aliphatic rings. The maximum Gasteiger partial charge on any atom is 0.244 e. The van der Waals surface area contributed by atoms with E-state index in [0.717, 1.165) is 25.7 Å². The van der Waals surface area contributed by atoms with Gasteiger partial charge in [-0.05, 0) is 43.9 Å². The molecule has 2 aliphatic carbocycles. The number of hydrogen-bond donors (Lipinski definition) is 3. The first kappa shape index (κ1) is 17.2. The molecule has 7 nitrogen and oxygen atoms in total. The Morgan fingerprint density at radius 3 is 2.54 bits per heavy atom. The molecule has 0 unspecified atom stereocenters. The highest BCUT2D eigenvalue weighted by Gasteiger charge is 2.37. The molecule has 0 spiro atoms. The van der Waals surface area contributed by atoms with Crippen molar-refractivity contribution in [2.45, 2.75) is 55.0 Å². The van der Waals surface area contributed by atoms with Gasteiger partial charge in [-0.3, -0.25) is 4.79 Å². The number of amides is 1. The second kappa shape index (κ2) is 6.34. The molecule has 0 aromatic heterocycles. The quantitative estimate of drug-likeness (QED) is 0.715. The van der Waals surface area contributed by atoms with Crippen molar-refractivity contribution in [3.8, 4) is 5.75 Å². The molecule has 1 amide bonds. The number of carbonyl (C=O) groups excluding carboxylic acids is 1. The first-order chi connectivity index (χ1) is 11.3. The van der Waals surface area contributed by atoms with Crippen molar-refractivity contribution in [1.82, 2.24) is 4.72 Å². The number of sulfonamides is 1. The molecule has 2 saturated carbocycles. The summed E-state index contributed by atoms with van der Waals surface area (Å²) in [6, 6.07) is 4.56. The smallest absolute Gasteiger partial charge is 0.244 e. The van der Waals surface area contributed by atoms with E-state index < -0.39 is 15.6 Å². The minimum absolute atomic E-state index is 0.0104. The fraction of sp³-hybridized carbons (Fsp3) is 0.562. The summed E-state index contributed by atoms with van der Waals surface area (Å²) in [5.41, 5.74) is 5.66. The van der Waals surface area contributed by atoms with Crippen molar-refractivity contribution >= 4 is 21.6 Å². The maximum atomic E-state index is 12.5. The fourth-order valence-corrected chi connectivity index (χ4v) is 4.44. The lowest BCUT2D eigenvalue weighted by Gasteiger charge is -2.22. The molecule has 8 heteroatoms. The summed E-state index contributed by atoms with van der Waals surface area (Å²) in [4.78, 5) is 12.4. The Bertz CT molecular complexity index is 738. The van der Waals surface area contributed by atoms with Gasteiger partial charge in [0.1, 0.15) is 10.6 Å². The molecular weight excluding hydrogens is 330 g/mol. The predicted octanol–water partition coefficient (Wildman–Crippen LogP) is 1.35. The van der Waals surface area contributed by atoms with Gasteiger partial charge in [0.15, 0.2) is 0 Å². The van der Waals surface area contributed by atoms with Crippen LogP contribution in [0.1, 0.15) is 38.5 Å². The molecule has 0 atom stereocenters. The van der Waals surface area contributed by atoms with E-state index in [1.807, 2.05) is 0 Å². The summed E-state index contributed by atoms with van der Waals surface area (Å²) in [7, 11) is -2.28. The number of methoxy groups -OCH3 is 1. The second-order valence-electron chi connectivity index (χ2n) is 6.58. The summed E-state index contributed by atoms with van der Waals surface area (Å²) in [5.74, 6) is -0.0341. The lowest BCUT2D eigenvalue weighted by molar-refractivity contribution is -0.121. The molecule has 2 fully saturated rings. The minimum atomic E-state index is -3.69. The molecule has 1 aromatic rings. The van der Waals surface area contributed by atoms with E-state index in [0.29, 0.717) is 18.5 Å². The number of nitrogens with one attached hydrogen (secondary N) is 2. The van der Waals surface area contributed by atoms with Crippen LogP contribution in [0.25, 0.3) is 0 Å². The Hall–Kier alpha value is -1.64. The number of ether oxygens (including phenoxy) is 1. The Balaban J connectivity index is 1.84. The maximum absolute atomic E-state index is 12.5. The van der Waals surface area contributed by atoms with Gasteiger partial charge in [-0.15, -0.1) is 0 Å². The lowest BCUT2D eigenvalue weighted by Crippen LogP contribution is -2.48. The van der Waals surface area contributed by atoms with Crippen LogP contribution in [0.4, 0.5) is 5.69 Å². The van der Waals surface area contributed by atoms with E-state index in [-0.39, 0.29) is 22.6 Å². The molecule has 24 heavy (non-hydrogen) atoms. The third kappa shape index (κ3) is 3.55. The Kier molecular flexibility index (Phi) is 4.54. The second-order valence-corrected chi connectivity index (χ2v) is 8.26. The van der Waals surface area contributed by atoms with Crippen LogP contribution < -0.4 is 20.5 Å². The highest BCUT2D eigenvalue weighted by Crippen LogP contribution is 2.32. The van der Waals surface area contributed by atoms with E-state index in [4.69, 9.17) is 10.5 Å². The normalized spacial score (nSPS) is 19.9. The monoisotopic (exact) mass is 353 g/mol. The van der Waals surface area contributed by atoms with Crippen LogP contribution in [0.15, 0.2) is 23.1 Å². The Morgan fingerprint density at radius 2 is 1.96 bits per heavy atom. The van der Waals surface area contributed by atoms with Crippen molar-refractivity contribution in [3.05, 3.63) is 18.2 Å². The Morgan fingerprint density at radius 1 is 1.29 bits per heavy atom. The van der Waals surface area contributed by atoms with E-state index in [1.54, 1.807) is 6.07 Å².